The Bertz CT molecular complexity index is 475. The van der Waals surface area contributed by atoms with Crippen molar-refractivity contribution in [2.24, 2.45) is 5.41 Å². The molecule has 20 heavy (non-hydrogen) atoms. The Hall–Kier alpha value is -0.230. The summed E-state index contributed by atoms with van der Waals surface area (Å²) >= 11 is 8.10. The molecule has 1 aliphatic heterocycles. The van der Waals surface area contributed by atoms with Gasteiger partial charge in [-0.15, -0.1) is 0 Å². The molecule has 0 amide bonds. The van der Waals surface area contributed by atoms with Crippen LogP contribution in [0, 0.1) is 5.41 Å². The largest absolute Gasteiger partial charge is 0.383 e. The van der Waals surface area contributed by atoms with Gasteiger partial charge >= 0.3 is 0 Å². The fourth-order valence-electron chi connectivity index (χ4n) is 2.83. The third kappa shape index (κ3) is 3.50. The van der Waals surface area contributed by atoms with Crippen LogP contribution in [0.1, 0.15) is 26.0 Å². The molecule has 1 aliphatic rings. The van der Waals surface area contributed by atoms with Crippen LogP contribution < -0.4 is 0 Å². The van der Waals surface area contributed by atoms with Gasteiger partial charge in [0.1, 0.15) is 5.60 Å². The van der Waals surface area contributed by atoms with Gasteiger partial charge in [-0.3, -0.25) is 4.68 Å². The van der Waals surface area contributed by atoms with E-state index in [1.165, 1.54) is 0 Å². The number of hydrogen-bond acceptors (Lipinski definition) is 4. The minimum Gasteiger partial charge on any atom is -0.383 e. The fourth-order valence-corrected chi connectivity index (χ4v) is 4.48. The number of nitrogens with zero attached hydrogens (tertiary/aromatic N) is 3. The van der Waals surface area contributed by atoms with Crippen molar-refractivity contribution in [1.82, 2.24) is 14.7 Å². The van der Waals surface area contributed by atoms with Gasteiger partial charge in [0.2, 0.25) is 0 Å². The Morgan fingerprint density at radius 1 is 1.45 bits per heavy atom. The first kappa shape index (κ1) is 16.1. The van der Waals surface area contributed by atoms with Gasteiger partial charge in [-0.05, 0) is 31.7 Å². The molecule has 0 radical (unpaired) electrons. The van der Waals surface area contributed by atoms with Gasteiger partial charge in [0.25, 0.3) is 0 Å². The predicted molar refractivity (Wildman–Crippen MR) is 85.4 cm³/mol. The van der Waals surface area contributed by atoms with E-state index in [4.69, 9.17) is 11.6 Å². The number of aliphatic hydroxyl groups is 1. The van der Waals surface area contributed by atoms with Crippen LogP contribution in [0.3, 0.4) is 0 Å². The van der Waals surface area contributed by atoms with Crippen molar-refractivity contribution < 1.29 is 5.11 Å². The lowest BCUT2D eigenvalue weighted by molar-refractivity contribution is 0.00740. The summed E-state index contributed by atoms with van der Waals surface area (Å²) in [6.07, 6.45) is 2.37. The van der Waals surface area contributed by atoms with Crippen molar-refractivity contribution in [1.29, 1.82) is 0 Å². The van der Waals surface area contributed by atoms with Crippen LogP contribution in [0.2, 0.25) is 5.02 Å². The van der Waals surface area contributed by atoms with Crippen LogP contribution in [0.4, 0.5) is 0 Å². The number of halogens is 1. The zero-order chi connectivity index (χ0) is 15.0. The first-order valence-electron chi connectivity index (χ1n) is 6.90. The molecule has 2 rings (SSSR count). The molecule has 1 unspecified atom stereocenters. The van der Waals surface area contributed by atoms with Gasteiger partial charge in [0.15, 0.2) is 0 Å². The Labute approximate surface area is 130 Å². The van der Waals surface area contributed by atoms with Crippen LogP contribution >= 0.6 is 23.4 Å². The molecule has 4 nitrogen and oxygen atoms in total. The smallest absolute Gasteiger partial charge is 0.117 e. The van der Waals surface area contributed by atoms with E-state index in [9.17, 15) is 5.11 Å². The van der Waals surface area contributed by atoms with E-state index in [1.54, 1.807) is 18.0 Å². The van der Waals surface area contributed by atoms with Crippen LogP contribution in [-0.4, -0.2) is 51.9 Å². The Balaban J connectivity index is 2.28. The molecule has 1 aromatic rings. The molecular formula is C14H24ClN3OS. The van der Waals surface area contributed by atoms with E-state index >= 15 is 0 Å². The lowest BCUT2D eigenvalue weighted by atomic mass is 9.80. The molecular weight excluding hydrogens is 294 g/mol. The van der Waals surface area contributed by atoms with Crippen molar-refractivity contribution in [3.63, 3.8) is 0 Å². The lowest BCUT2D eigenvalue weighted by Crippen LogP contribution is -2.42. The van der Waals surface area contributed by atoms with Crippen LogP contribution in [0.5, 0.6) is 0 Å². The summed E-state index contributed by atoms with van der Waals surface area (Å²) in [5.41, 5.74) is 0.00512. The van der Waals surface area contributed by atoms with Crippen LogP contribution in [0.25, 0.3) is 0 Å². The topological polar surface area (TPSA) is 41.3 Å². The van der Waals surface area contributed by atoms with E-state index in [0.29, 0.717) is 10.8 Å². The molecule has 2 heterocycles. The zero-order valence-corrected chi connectivity index (χ0v) is 14.3. The van der Waals surface area contributed by atoms with Crippen molar-refractivity contribution >= 4 is 23.4 Å². The lowest BCUT2D eigenvalue weighted by Gasteiger charge is -2.41. The van der Waals surface area contributed by atoms with Gasteiger partial charge < -0.3 is 10.0 Å². The molecule has 6 heteroatoms. The van der Waals surface area contributed by atoms with Crippen molar-refractivity contribution in [3.8, 4) is 0 Å². The molecule has 0 bridgehead atoms. The summed E-state index contributed by atoms with van der Waals surface area (Å²) in [4.78, 5) is 2.10. The number of hydrogen-bond donors (Lipinski definition) is 1. The average molecular weight is 318 g/mol. The van der Waals surface area contributed by atoms with Crippen LogP contribution in [-0.2, 0) is 12.1 Å². The molecule has 0 aliphatic carbocycles. The van der Waals surface area contributed by atoms with E-state index in [2.05, 4.69) is 23.8 Å². The molecule has 0 aromatic carbocycles. The molecule has 0 spiro atoms. The van der Waals surface area contributed by atoms with E-state index in [-0.39, 0.29) is 5.41 Å². The van der Waals surface area contributed by atoms with Crippen molar-refractivity contribution in [3.05, 3.63) is 16.9 Å². The number of rotatable bonds is 4. The zero-order valence-electron chi connectivity index (χ0n) is 12.7. The molecule has 0 saturated carbocycles. The third-order valence-corrected chi connectivity index (χ3v) is 5.54. The van der Waals surface area contributed by atoms with Gasteiger partial charge in [-0.1, -0.05) is 25.4 Å². The number of aromatic nitrogens is 2. The minimum absolute atomic E-state index is 0.109. The first-order valence-corrected chi connectivity index (χ1v) is 8.43. The summed E-state index contributed by atoms with van der Waals surface area (Å²) in [6.45, 7) is 6.00. The molecule has 1 fully saturated rings. The fraction of sp³-hybridized carbons (Fsp3) is 0.786. The van der Waals surface area contributed by atoms with Crippen molar-refractivity contribution in [2.75, 3.05) is 32.1 Å². The standard InChI is InChI=1S/C14H24ClN3OS/c1-13(2)8-14(19,10-20-9-13)12-11(15)7-16-18(12)6-5-17(3)4/h7,19H,5-6,8-10H2,1-4H3. The highest BCUT2D eigenvalue weighted by molar-refractivity contribution is 7.99. The summed E-state index contributed by atoms with van der Waals surface area (Å²) < 4.78 is 1.87. The maximum absolute atomic E-state index is 11.1. The molecule has 1 atom stereocenters. The summed E-state index contributed by atoms with van der Waals surface area (Å²) in [5.74, 6) is 1.75. The van der Waals surface area contributed by atoms with E-state index in [1.807, 2.05) is 18.8 Å². The first-order chi connectivity index (χ1) is 9.23. The monoisotopic (exact) mass is 317 g/mol. The predicted octanol–water partition coefficient (Wildman–Crippen LogP) is 2.45. The van der Waals surface area contributed by atoms with Gasteiger partial charge in [-0.2, -0.15) is 16.9 Å². The van der Waals surface area contributed by atoms with Gasteiger partial charge in [0, 0.05) is 12.3 Å². The summed E-state index contributed by atoms with van der Waals surface area (Å²) in [7, 11) is 4.05. The second-order valence-corrected chi connectivity index (χ2v) is 8.13. The minimum atomic E-state index is -0.883. The van der Waals surface area contributed by atoms with E-state index in [0.717, 1.165) is 31.0 Å². The maximum Gasteiger partial charge on any atom is 0.117 e. The quantitative estimate of drug-likeness (QED) is 0.926. The van der Waals surface area contributed by atoms with Crippen LogP contribution in [0.15, 0.2) is 6.20 Å². The highest BCUT2D eigenvalue weighted by atomic mass is 35.5. The van der Waals surface area contributed by atoms with Gasteiger partial charge in [0.05, 0.1) is 23.5 Å². The second-order valence-electron chi connectivity index (χ2n) is 6.73. The third-order valence-electron chi connectivity index (χ3n) is 3.60. The van der Waals surface area contributed by atoms with Crippen molar-refractivity contribution in [2.45, 2.75) is 32.4 Å². The number of likely N-dealkylation sites (N-methyl/N-ethyl adjacent to an activating group) is 1. The highest BCUT2D eigenvalue weighted by Gasteiger charge is 2.43. The highest BCUT2D eigenvalue weighted by Crippen LogP contribution is 2.46. The molecule has 114 valence electrons. The van der Waals surface area contributed by atoms with E-state index < -0.39 is 5.60 Å². The molecule has 1 aromatic heterocycles. The average Bonchev–Trinajstić information content (AvgIpc) is 2.66. The number of thioether (sulfide) groups is 1. The Morgan fingerprint density at radius 3 is 2.75 bits per heavy atom. The summed E-state index contributed by atoms with van der Waals surface area (Å²) in [6, 6.07) is 0. The Kier molecular flexibility index (Phi) is 4.74. The normalized spacial score (nSPS) is 26.1. The molecule has 1 N–H and O–H groups in total. The summed E-state index contributed by atoms with van der Waals surface area (Å²) in [5, 5.41) is 16.0. The SMILES string of the molecule is CN(C)CCn1ncc(Cl)c1C1(O)CSCC(C)(C)C1. The van der Waals surface area contributed by atoms with Gasteiger partial charge in [-0.25, -0.2) is 0 Å². The molecule has 1 saturated heterocycles. The Morgan fingerprint density at radius 2 is 2.15 bits per heavy atom. The second kappa shape index (κ2) is 5.87. The maximum atomic E-state index is 11.1.